The maximum Gasteiger partial charge on any atom is 0.405 e. The predicted molar refractivity (Wildman–Crippen MR) is 65.0 cm³/mol. The first-order chi connectivity index (χ1) is 9.10. The summed E-state index contributed by atoms with van der Waals surface area (Å²) in [6.45, 7) is 1.87. The topological polar surface area (TPSA) is 83.0 Å². The normalized spacial score (nSPS) is 12.1. The van der Waals surface area contributed by atoms with Crippen LogP contribution >= 0.6 is 0 Å². The zero-order chi connectivity index (χ0) is 13.8. The van der Waals surface area contributed by atoms with Gasteiger partial charge < -0.3 is 10.5 Å². The van der Waals surface area contributed by atoms with Gasteiger partial charge in [0.05, 0.1) is 12.4 Å². The molecule has 2 aromatic heterocycles. The van der Waals surface area contributed by atoms with E-state index in [4.69, 9.17) is 10.5 Å². The quantitative estimate of drug-likeness (QED) is 0.914. The van der Waals surface area contributed by atoms with E-state index in [1.165, 1.54) is 10.9 Å². The lowest BCUT2D eigenvalue weighted by Gasteiger charge is -2.14. The molecule has 7 heteroatoms. The number of amides is 1. The molecule has 0 saturated heterocycles. The third-order valence-corrected chi connectivity index (χ3v) is 2.56. The van der Waals surface area contributed by atoms with Gasteiger partial charge in [-0.3, -0.25) is 0 Å². The first-order valence-corrected chi connectivity index (χ1v) is 5.72. The van der Waals surface area contributed by atoms with E-state index < -0.39 is 18.0 Å². The van der Waals surface area contributed by atoms with Crippen LogP contribution in [0.3, 0.4) is 0 Å². The second-order valence-corrected chi connectivity index (χ2v) is 3.89. The predicted octanol–water partition coefficient (Wildman–Crippen LogP) is 1.95. The minimum Gasteiger partial charge on any atom is -0.441 e. The van der Waals surface area contributed by atoms with Gasteiger partial charge in [-0.15, -0.1) is 0 Å². The van der Waals surface area contributed by atoms with Gasteiger partial charge >= 0.3 is 6.09 Å². The molecule has 0 bridgehead atoms. The average molecular weight is 264 g/mol. The maximum absolute atomic E-state index is 12.8. The Balaban J connectivity index is 2.19. The SMILES string of the molecule is CC[C@H](OC(N)=O)c1ccc(-n2cc(F)cn2)nc1. The summed E-state index contributed by atoms with van der Waals surface area (Å²) in [6, 6.07) is 3.40. The number of rotatable bonds is 4. The Labute approximate surface area is 109 Å². The molecule has 1 amide bonds. The van der Waals surface area contributed by atoms with E-state index in [1.54, 1.807) is 18.3 Å². The van der Waals surface area contributed by atoms with E-state index in [0.717, 1.165) is 11.8 Å². The van der Waals surface area contributed by atoms with Crippen LogP contribution in [0.5, 0.6) is 0 Å². The van der Waals surface area contributed by atoms with E-state index in [0.29, 0.717) is 12.2 Å². The van der Waals surface area contributed by atoms with Crippen molar-refractivity contribution >= 4 is 6.09 Å². The Morgan fingerprint density at radius 1 is 1.53 bits per heavy atom. The number of nitrogens with zero attached hydrogens (tertiary/aromatic N) is 3. The monoisotopic (exact) mass is 264 g/mol. The van der Waals surface area contributed by atoms with E-state index in [9.17, 15) is 9.18 Å². The van der Waals surface area contributed by atoms with Gasteiger partial charge in [-0.2, -0.15) is 5.10 Å². The molecule has 19 heavy (non-hydrogen) atoms. The highest BCUT2D eigenvalue weighted by atomic mass is 19.1. The van der Waals surface area contributed by atoms with Crippen LogP contribution < -0.4 is 5.73 Å². The molecule has 100 valence electrons. The Kier molecular flexibility index (Phi) is 3.74. The van der Waals surface area contributed by atoms with Crippen molar-refractivity contribution in [3.63, 3.8) is 0 Å². The van der Waals surface area contributed by atoms with Crippen molar-refractivity contribution in [2.24, 2.45) is 5.73 Å². The molecule has 6 nitrogen and oxygen atoms in total. The third kappa shape index (κ3) is 3.06. The van der Waals surface area contributed by atoms with Crippen LogP contribution in [-0.4, -0.2) is 20.9 Å². The Morgan fingerprint density at radius 2 is 2.32 bits per heavy atom. The summed E-state index contributed by atoms with van der Waals surface area (Å²) in [5, 5.41) is 3.80. The lowest BCUT2D eigenvalue weighted by molar-refractivity contribution is 0.104. The molecule has 1 atom stereocenters. The van der Waals surface area contributed by atoms with E-state index in [-0.39, 0.29) is 0 Å². The van der Waals surface area contributed by atoms with Crippen LogP contribution in [0.1, 0.15) is 25.0 Å². The van der Waals surface area contributed by atoms with Crippen LogP contribution in [0.15, 0.2) is 30.7 Å². The zero-order valence-electron chi connectivity index (χ0n) is 10.3. The Morgan fingerprint density at radius 3 is 2.79 bits per heavy atom. The van der Waals surface area contributed by atoms with Gasteiger partial charge in [0.15, 0.2) is 11.6 Å². The Bertz CT molecular complexity index is 567. The first kappa shape index (κ1) is 13.0. The summed E-state index contributed by atoms with van der Waals surface area (Å²) in [5.74, 6) is 0.0379. The molecule has 0 fully saturated rings. The fourth-order valence-corrected chi connectivity index (χ4v) is 1.68. The van der Waals surface area contributed by atoms with Crippen LogP contribution in [0.25, 0.3) is 5.82 Å². The molecule has 0 aliphatic heterocycles. The summed E-state index contributed by atoms with van der Waals surface area (Å²) < 4.78 is 19.1. The van der Waals surface area contributed by atoms with Crippen molar-refractivity contribution in [3.8, 4) is 5.82 Å². The van der Waals surface area contributed by atoms with Gasteiger partial charge in [-0.1, -0.05) is 13.0 Å². The lowest BCUT2D eigenvalue weighted by Crippen LogP contribution is -2.17. The number of nitrogens with two attached hydrogens (primary N) is 1. The van der Waals surface area contributed by atoms with E-state index in [1.807, 2.05) is 6.92 Å². The second kappa shape index (κ2) is 5.47. The number of aromatic nitrogens is 3. The molecule has 0 aliphatic rings. The molecule has 0 unspecified atom stereocenters. The van der Waals surface area contributed by atoms with Crippen LogP contribution in [0, 0.1) is 5.82 Å². The molecule has 0 radical (unpaired) electrons. The lowest BCUT2D eigenvalue weighted by atomic mass is 10.1. The van der Waals surface area contributed by atoms with Gasteiger partial charge in [0.2, 0.25) is 0 Å². The van der Waals surface area contributed by atoms with Crippen molar-refractivity contribution in [1.82, 2.24) is 14.8 Å². The van der Waals surface area contributed by atoms with Gasteiger partial charge in [-0.25, -0.2) is 18.9 Å². The van der Waals surface area contributed by atoms with Crippen molar-refractivity contribution in [1.29, 1.82) is 0 Å². The fraction of sp³-hybridized carbons (Fsp3) is 0.250. The number of ether oxygens (including phenoxy) is 1. The summed E-state index contributed by atoms with van der Waals surface area (Å²) in [7, 11) is 0. The summed E-state index contributed by atoms with van der Waals surface area (Å²) in [5.41, 5.74) is 5.71. The molecule has 2 N–H and O–H groups in total. The number of hydrogen-bond donors (Lipinski definition) is 1. The fourth-order valence-electron chi connectivity index (χ4n) is 1.68. The largest absolute Gasteiger partial charge is 0.441 e. The molecule has 2 heterocycles. The minimum absolute atomic E-state index is 0.436. The number of halogens is 1. The molecule has 0 saturated carbocycles. The maximum atomic E-state index is 12.8. The average Bonchev–Trinajstić information content (AvgIpc) is 2.83. The molecule has 0 spiro atoms. The second-order valence-electron chi connectivity index (χ2n) is 3.89. The highest BCUT2D eigenvalue weighted by Crippen LogP contribution is 2.20. The van der Waals surface area contributed by atoms with Gasteiger partial charge in [0.1, 0.15) is 6.10 Å². The number of primary amides is 1. The highest BCUT2D eigenvalue weighted by Gasteiger charge is 2.13. The van der Waals surface area contributed by atoms with Crippen LogP contribution in [0.4, 0.5) is 9.18 Å². The molecular weight excluding hydrogens is 251 g/mol. The molecule has 0 aromatic carbocycles. The summed E-state index contributed by atoms with van der Waals surface area (Å²) >= 11 is 0. The minimum atomic E-state index is -0.829. The standard InChI is InChI=1S/C12H13FN4O2/c1-2-10(19-12(14)18)8-3-4-11(15-5-8)17-7-9(13)6-16-17/h3-7,10H,2H2,1H3,(H2,14,18)/t10-/m0/s1. The zero-order valence-corrected chi connectivity index (χ0v) is 10.3. The number of pyridine rings is 1. The smallest absolute Gasteiger partial charge is 0.405 e. The first-order valence-electron chi connectivity index (χ1n) is 5.72. The molecule has 2 rings (SSSR count). The molecule has 0 aliphatic carbocycles. The third-order valence-electron chi connectivity index (χ3n) is 2.56. The number of carbonyl (C=O) groups excluding carboxylic acids is 1. The summed E-state index contributed by atoms with van der Waals surface area (Å²) in [4.78, 5) is 14.9. The number of carbonyl (C=O) groups is 1. The van der Waals surface area contributed by atoms with E-state index >= 15 is 0 Å². The van der Waals surface area contributed by atoms with Crippen molar-refractivity contribution in [2.75, 3.05) is 0 Å². The Hall–Kier alpha value is -2.44. The highest BCUT2D eigenvalue weighted by molar-refractivity contribution is 5.65. The van der Waals surface area contributed by atoms with E-state index in [2.05, 4.69) is 10.1 Å². The molecule has 2 aromatic rings. The van der Waals surface area contributed by atoms with Gasteiger partial charge in [0.25, 0.3) is 0 Å². The van der Waals surface area contributed by atoms with Crippen molar-refractivity contribution in [3.05, 3.63) is 42.1 Å². The van der Waals surface area contributed by atoms with Crippen LogP contribution in [0.2, 0.25) is 0 Å². The molecular formula is C12H13FN4O2. The summed E-state index contributed by atoms with van der Waals surface area (Å²) in [6.07, 6.45) is 3.19. The van der Waals surface area contributed by atoms with Gasteiger partial charge in [-0.05, 0) is 12.5 Å². The van der Waals surface area contributed by atoms with Crippen LogP contribution in [-0.2, 0) is 4.74 Å². The van der Waals surface area contributed by atoms with Crippen molar-refractivity contribution in [2.45, 2.75) is 19.4 Å². The van der Waals surface area contributed by atoms with Crippen molar-refractivity contribution < 1.29 is 13.9 Å². The number of hydrogen-bond acceptors (Lipinski definition) is 4. The van der Waals surface area contributed by atoms with Gasteiger partial charge in [0, 0.05) is 11.8 Å².